The van der Waals surface area contributed by atoms with Crippen LogP contribution in [0.25, 0.3) is 0 Å². The second kappa shape index (κ2) is 8.43. The third kappa shape index (κ3) is 5.64. The number of nitrogens with one attached hydrogen (secondary N) is 1. The van der Waals surface area contributed by atoms with Crippen molar-refractivity contribution < 1.29 is 0 Å². The summed E-state index contributed by atoms with van der Waals surface area (Å²) in [5, 5.41) is 3.53. The van der Waals surface area contributed by atoms with E-state index in [4.69, 9.17) is 0 Å². The molecule has 1 aliphatic heterocycles. The molecule has 0 aromatic heterocycles. The predicted octanol–water partition coefficient (Wildman–Crippen LogP) is 3.81. The molecule has 2 nitrogen and oxygen atoms in total. The van der Waals surface area contributed by atoms with Crippen molar-refractivity contribution in [1.29, 1.82) is 0 Å². The van der Waals surface area contributed by atoms with Crippen LogP contribution >= 0.6 is 0 Å². The Kier molecular flexibility index (Phi) is 6.55. The topological polar surface area (TPSA) is 15.3 Å². The lowest BCUT2D eigenvalue weighted by atomic mass is 10.1. The van der Waals surface area contributed by atoms with Crippen LogP contribution in [0.1, 0.15) is 50.7 Å². The first-order chi connectivity index (χ1) is 9.74. The minimum atomic E-state index is 0.718. The van der Waals surface area contributed by atoms with Gasteiger partial charge >= 0.3 is 0 Å². The maximum Gasteiger partial charge on any atom is 0.0233 e. The molecule has 1 fully saturated rings. The molecule has 2 rings (SSSR count). The van der Waals surface area contributed by atoms with Crippen molar-refractivity contribution >= 4 is 0 Å². The minimum Gasteiger partial charge on any atom is -0.312 e. The fourth-order valence-electron chi connectivity index (χ4n) is 2.90. The molecule has 1 saturated heterocycles. The van der Waals surface area contributed by atoms with E-state index in [9.17, 15) is 0 Å². The lowest BCUT2D eigenvalue weighted by Gasteiger charge is -2.20. The number of hydrogen-bond donors (Lipinski definition) is 1. The summed E-state index contributed by atoms with van der Waals surface area (Å²) in [7, 11) is 0. The zero-order chi connectivity index (χ0) is 14.2. The maximum absolute atomic E-state index is 3.53. The van der Waals surface area contributed by atoms with Crippen molar-refractivity contribution in [2.24, 2.45) is 5.92 Å². The third-order valence-corrected chi connectivity index (χ3v) is 3.98. The highest BCUT2D eigenvalue weighted by Gasteiger charge is 2.09. The summed E-state index contributed by atoms with van der Waals surface area (Å²) in [5.74, 6) is 0.718. The van der Waals surface area contributed by atoms with Gasteiger partial charge in [-0.2, -0.15) is 0 Å². The van der Waals surface area contributed by atoms with Gasteiger partial charge in [-0.1, -0.05) is 51.0 Å². The molecule has 0 spiro atoms. The van der Waals surface area contributed by atoms with Gasteiger partial charge in [-0.15, -0.1) is 0 Å². The Morgan fingerprint density at radius 1 is 1.05 bits per heavy atom. The Morgan fingerprint density at radius 3 is 2.45 bits per heavy atom. The molecular formula is C18H30N2. The van der Waals surface area contributed by atoms with E-state index in [2.05, 4.69) is 48.3 Å². The van der Waals surface area contributed by atoms with Gasteiger partial charge in [0.2, 0.25) is 0 Å². The van der Waals surface area contributed by atoms with E-state index in [1.807, 2.05) is 0 Å². The molecule has 0 amide bonds. The van der Waals surface area contributed by atoms with E-state index in [1.54, 1.807) is 0 Å². The van der Waals surface area contributed by atoms with E-state index in [0.717, 1.165) is 25.6 Å². The molecule has 2 heteroatoms. The molecule has 1 aromatic rings. The number of likely N-dealkylation sites (tertiary alicyclic amines) is 1. The van der Waals surface area contributed by atoms with Crippen LogP contribution in [0, 0.1) is 5.92 Å². The van der Waals surface area contributed by atoms with Crippen LogP contribution in [0.5, 0.6) is 0 Å². The van der Waals surface area contributed by atoms with Gasteiger partial charge < -0.3 is 5.32 Å². The summed E-state index contributed by atoms with van der Waals surface area (Å²) in [6.45, 7) is 10.3. The van der Waals surface area contributed by atoms with Crippen LogP contribution in [-0.2, 0) is 13.1 Å². The zero-order valence-electron chi connectivity index (χ0n) is 13.2. The fourth-order valence-corrected chi connectivity index (χ4v) is 2.90. The first-order valence-corrected chi connectivity index (χ1v) is 8.25. The molecular weight excluding hydrogens is 244 g/mol. The Morgan fingerprint density at radius 2 is 1.75 bits per heavy atom. The average Bonchev–Trinajstić information content (AvgIpc) is 2.67. The van der Waals surface area contributed by atoms with Gasteiger partial charge in [-0.05, 0) is 49.5 Å². The van der Waals surface area contributed by atoms with Crippen molar-refractivity contribution in [1.82, 2.24) is 10.2 Å². The van der Waals surface area contributed by atoms with Gasteiger partial charge in [0, 0.05) is 13.1 Å². The highest BCUT2D eigenvalue weighted by atomic mass is 15.1. The van der Waals surface area contributed by atoms with Crippen molar-refractivity contribution in [2.45, 2.75) is 52.6 Å². The standard InChI is InChI=1S/C18H30N2/c1-16(2)13-19-14-17-8-7-9-18(12-17)15-20-10-5-3-4-6-11-20/h7-9,12,16,19H,3-6,10-11,13-15H2,1-2H3. The van der Waals surface area contributed by atoms with Crippen LogP contribution in [0.2, 0.25) is 0 Å². The molecule has 1 N–H and O–H groups in total. The minimum absolute atomic E-state index is 0.718. The third-order valence-electron chi connectivity index (χ3n) is 3.98. The number of hydrogen-bond acceptors (Lipinski definition) is 2. The van der Waals surface area contributed by atoms with Crippen LogP contribution in [0.3, 0.4) is 0 Å². The second-order valence-corrected chi connectivity index (χ2v) is 6.54. The molecule has 0 aliphatic carbocycles. The predicted molar refractivity (Wildman–Crippen MR) is 86.7 cm³/mol. The molecule has 112 valence electrons. The summed E-state index contributed by atoms with van der Waals surface area (Å²) in [5.41, 5.74) is 2.88. The highest BCUT2D eigenvalue weighted by Crippen LogP contribution is 2.14. The lowest BCUT2D eigenvalue weighted by Crippen LogP contribution is -2.24. The number of rotatable bonds is 6. The van der Waals surface area contributed by atoms with Gasteiger partial charge in [0.15, 0.2) is 0 Å². The number of benzene rings is 1. The van der Waals surface area contributed by atoms with Crippen molar-refractivity contribution in [2.75, 3.05) is 19.6 Å². The summed E-state index contributed by atoms with van der Waals surface area (Å²) in [6, 6.07) is 9.09. The Balaban J connectivity index is 1.84. The molecule has 1 aliphatic rings. The van der Waals surface area contributed by atoms with Gasteiger partial charge in [0.25, 0.3) is 0 Å². The average molecular weight is 274 g/mol. The molecule has 0 radical (unpaired) electrons. The first-order valence-electron chi connectivity index (χ1n) is 8.25. The quantitative estimate of drug-likeness (QED) is 0.848. The van der Waals surface area contributed by atoms with Gasteiger partial charge in [-0.25, -0.2) is 0 Å². The van der Waals surface area contributed by atoms with Gasteiger partial charge in [0.1, 0.15) is 0 Å². The second-order valence-electron chi connectivity index (χ2n) is 6.54. The summed E-state index contributed by atoms with van der Waals surface area (Å²) >= 11 is 0. The van der Waals surface area contributed by atoms with Crippen molar-refractivity contribution in [3.05, 3.63) is 35.4 Å². The highest BCUT2D eigenvalue weighted by molar-refractivity contribution is 5.23. The Bertz CT molecular complexity index is 379. The SMILES string of the molecule is CC(C)CNCc1cccc(CN2CCCCCC2)c1. The summed E-state index contributed by atoms with van der Waals surface area (Å²) in [4.78, 5) is 2.62. The largest absolute Gasteiger partial charge is 0.312 e. The Labute approximate surface area is 124 Å². The van der Waals surface area contributed by atoms with Crippen molar-refractivity contribution in [3.63, 3.8) is 0 Å². The van der Waals surface area contributed by atoms with Crippen LogP contribution in [-0.4, -0.2) is 24.5 Å². The normalized spacial score (nSPS) is 17.4. The van der Waals surface area contributed by atoms with E-state index in [-0.39, 0.29) is 0 Å². The molecule has 1 heterocycles. The molecule has 0 atom stereocenters. The fraction of sp³-hybridized carbons (Fsp3) is 0.667. The van der Waals surface area contributed by atoms with E-state index in [0.29, 0.717) is 0 Å². The smallest absolute Gasteiger partial charge is 0.0233 e. The maximum atomic E-state index is 3.53. The van der Waals surface area contributed by atoms with Gasteiger partial charge in [0.05, 0.1) is 0 Å². The van der Waals surface area contributed by atoms with E-state index >= 15 is 0 Å². The molecule has 20 heavy (non-hydrogen) atoms. The zero-order valence-corrected chi connectivity index (χ0v) is 13.2. The van der Waals surface area contributed by atoms with Crippen molar-refractivity contribution in [3.8, 4) is 0 Å². The van der Waals surface area contributed by atoms with E-state index < -0.39 is 0 Å². The molecule has 0 saturated carbocycles. The summed E-state index contributed by atoms with van der Waals surface area (Å²) < 4.78 is 0. The van der Waals surface area contributed by atoms with E-state index in [1.165, 1.54) is 49.9 Å². The first kappa shape index (κ1) is 15.5. The molecule has 0 unspecified atom stereocenters. The van der Waals surface area contributed by atoms with Crippen LogP contribution in [0.15, 0.2) is 24.3 Å². The number of nitrogens with zero attached hydrogens (tertiary/aromatic N) is 1. The Hall–Kier alpha value is -0.860. The van der Waals surface area contributed by atoms with Crippen LogP contribution < -0.4 is 5.32 Å². The van der Waals surface area contributed by atoms with Gasteiger partial charge in [-0.3, -0.25) is 4.90 Å². The van der Waals surface area contributed by atoms with Crippen LogP contribution in [0.4, 0.5) is 0 Å². The summed E-state index contributed by atoms with van der Waals surface area (Å²) in [6.07, 6.45) is 5.57. The lowest BCUT2D eigenvalue weighted by molar-refractivity contribution is 0.277. The monoisotopic (exact) mass is 274 g/mol. The molecule has 1 aromatic carbocycles. The molecule has 0 bridgehead atoms.